The van der Waals surface area contributed by atoms with Gasteiger partial charge in [0.1, 0.15) is 34.9 Å². The zero-order chi connectivity index (χ0) is 45.9. The fourth-order valence-electron chi connectivity index (χ4n) is 9.21. The van der Waals surface area contributed by atoms with Crippen LogP contribution in [0.3, 0.4) is 0 Å². The number of hydrogen-bond donors (Lipinski definition) is 4. The predicted molar refractivity (Wildman–Crippen MR) is 248 cm³/mol. The van der Waals surface area contributed by atoms with Crippen LogP contribution in [0.15, 0.2) is 40.9 Å². The zero-order valence-electron chi connectivity index (χ0n) is 38.2. The van der Waals surface area contributed by atoms with Gasteiger partial charge in [-0.25, -0.2) is 14.6 Å². The lowest BCUT2D eigenvalue weighted by Crippen LogP contribution is -2.54. The minimum atomic E-state index is -0.970. The first kappa shape index (κ1) is 44.9. The molecule has 346 valence electrons. The van der Waals surface area contributed by atoms with Gasteiger partial charge in [0.25, 0.3) is 11.8 Å². The normalized spacial score (nSPS) is 16.3. The largest absolute Gasteiger partial charge is 0.381 e. The topological polar surface area (TPSA) is 211 Å². The van der Waals surface area contributed by atoms with E-state index in [2.05, 4.69) is 58.1 Å². The number of carbonyl (C=O) groups is 4. The highest BCUT2D eigenvalue weighted by molar-refractivity contribution is 6.24. The molecule has 1 saturated heterocycles. The molecule has 0 spiro atoms. The van der Waals surface area contributed by atoms with Crippen molar-refractivity contribution < 1.29 is 33.2 Å². The van der Waals surface area contributed by atoms with Gasteiger partial charge >= 0.3 is 0 Å². The number of anilines is 2. The number of hydrogen-bond acceptors (Lipinski definition) is 13. The highest BCUT2D eigenvalue weighted by atomic mass is 16.5. The Morgan fingerprint density at radius 2 is 1.64 bits per heavy atom. The van der Waals surface area contributed by atoms with E-state index in [0.29, 0.717) is 62.3 Å². The maximum absolute atomic E-state index is 13.3. The summed E-state index contributed by atoms with van der Waals surface area (Å²) in [6.45, 7) is 12.7. The van der Waals surface area contributed by atoms with Gasteiger partial charge in [0.05, 0.1) is 34.4 Å². The lowest BCUT2D eigenvalue weighted by molar-refractivity contribution is -0.136. The van der Waals surface area contributed by atoms with Crippen molar-refractivity contribution in [1.82, 2.24) is 45.4 Å². The molecule has 3 aliphatic rings. The number of carbonyl (C=O) groups excluding carboxylic acids is 4. The number of nitrogens with zero attached hydrogens (tertiary/aromatic N) is 6. The van der Waals surface area contributed by atoms with E-state index in [4.69, 9.17) is 29.1 Å². The molecule has 4 aromatic heterocycles. The van der Waals surface area contributed by atoms with Crippen molar-refractivity contribution in [3.8, 4) is 11.1 Å². The molecule has 2 fully saturated rings. The van der Waals surface area contributed by atoms with Crippen LogP contribution in [0.1, 0.15) is 125 Å². The molecule has 1 saturated carbocycles. The fraction of sp³-hybridized carbons (Fsp3) is 0.469. The van der Waals surface area contributed by atoms with Crippen LogP contribution in [0.4, 0.5) is 11.6 Å². The summed E-state index contributed by atoms with van der Waals surface area (Å²) in [7, 11) is 0. The third-order valence-electron chi connectivity index (χ3n) is 12.8. The summed E-state index contributed by atoms with van der Waals surface area (Å²) in [5, 5.41) is 20.5. The zero-order valence-corrected chi connectivity index (χ0v) is 38.2. The third-order valence-corrected chi connectivity index (χ3v) is 12.8. The van der Waals surface area contributed by atoms with Gasteiger partial charge in [-0.05, 0) is 127 Å². The van der Waals surface area contributed by atoms with E-state index in [1.165, 1.54) is 12.8 Å². The molecule has 2 aromatic carbocycles. The van der Waals surface area contributed by atoms with Crippen molar-refractivity contribution in [1.29, 1.82) is 0 Å². The summed E-state index contributed by atoms with van der Waals surface area (Å²) in [5.74, 6) is 1.72. The van der Waals surface area contributed by atoms with Crippen molar-refractivity contribution in [2.24, 2.45) is 0 Å². The van der Waals surface area contributed by atoms with E-state index in [1.807, 2.05) is 24.6 Å². The Bertz CT molecular complexity index is 2780. The Morgan fingerprint density at radius 1 is 0.864 bits per heavy atom. The van der Waals surface area contributed by atoms with Crippen LogP contribution >= 0.6 is 0 Å². The second kappa shape index (κ2) is 19.7. The van der Waals surface area contributed by atoms with E-state index in [-0.39, 0.29) is 12.8 Å². The molecule has 6 aromatic rings. The summed E-state index contributed by atoms with van der Waals surface area (Å²) < 4.78 is 19.3. The number of ether oxygens (including phenoxy) is 2. The predicted octanol–water partition coefficient (Wildman–Crippen LogP) is 7.25. The smallest absolute Gasteiger partial charge is 0.262 e. The van der Waals surface area contributed by atoms with E-state index in [9.17, 15) is 19.2 Å². The first-order chi connectivity index (χ1) is 32.1. The maximum Gasteiger partial charge on any atom is 0.262 e. The van der Waals surface area contributed by atoms with Gasteiger partial charge in [0.2, 0.25) is 11.8 Å². The molecule has 9 rings (SSSR count). The molecule has 4 N–H and O–H groups in total. The van der Waals surface area contributed by atoms with Crippen LogP contribution < -0.4 is 16.0 Å². The lowest BCUT2D eigenvalue weighted by Gasteiger charge is -2.27. The molecule has 1 aliphatic carbocycles. The molecule has 0 radical (unpaired) electrons. The first-order valence-corrected chi connectivity index (χ1v) is 23.4. The Hall–Kier alpha value is -6.30. The van der Waals surface area contributed by atoms with E-state index >= 15 is 0 Å². The molecular weight excluding hydrogens is 841 g/mol. The van der Waals surface area contributed by atoms with Crippen molar-refractivity contribution >= 4 is 57.2 Å². The Labute approximate surface area is 382 Å². The van der Waals surface area contributed by atoms with E-state index < -0.39 is 29.7 Å². The van der Waals surface area contributed by atoms with Gasteiger partial charge in [-0.1, -0.05) is 17.3 Å². The van der Waals surface area contributed by atoms with Crippen LogP contribution in [-0.4, -0.2) is 97.4 Å². The molecule has 2 aliphatic heterocycles. The number of H-pyrrole nitrogens is 1. The third kappa shape index (κ3) is 9.37. The number of benzene rings is 2. The van der Waals surface area contributed by atoms with Gasteiger partial charge in [-0.2, -0.15) is 5.10 Å². The number of nitrogens with one attached hydrogen (secondary N) is 4. The minimum absolute atomic E-state index is 0.0918. The molecule has 1 atom stereocenters. The van der Waals surface area contributed by atoms with Gasteiger partial charge < -0.3 is 29.6 Å². The van der Waals surface area contributed by atoms with Gasteiger partial charge in [0.15, 0.2) is 0 Å². The second-order valence-corrected chi connectivity index (χ2v) is 17.6. The lowest BCUT2D eigenvalue weighted by atomic mass is 9.97. The second-order valence-electron chi connectivity index (χ2n) is 17.6. The molecule has 4 amide bonds. The van der Waals surface area contributed by atoms with Gasteiger partial charge in [-0.3, -0.25) is 29.4 Å². The number of aromatic amines is 1. The van der Waals surface area contributed by atoms with Crippen LogP contribution in [0, 0.1) is 20.8 Å². The summed E-state index contributed by atoms with van der Waals surface area (Å²) in [4.78, 5) is 65.2. The Kier molecular flexibility index (Phi) is 13.4. The summed E-state index contributed by atoms with van der Waals surface area (Å²) in [6.07, 6.45) is 7.43. The van der Waals surface area contributed by atoms with E-state index in [1.54, 1.807) is 12.1 Å². The number of unbranched alkanes of at least 4 members (excludes halogenated alkanes) is 2. The average molecular weight is 899 g/mol. The molecule has 0 bridgehead atoms. The monoisotopic (exact) mass is 898 g/mol. The number of aryl methyl sites for hydroxylation is 5. The molecule has 17 nitrogen and oxygen atoms in total. The number of rotatable bonds is 22. The summed E-state index contributed by atoms with van der Waals surface area (Å²) in [5.41, 5.74) is 8.37. The Balaban J connectivity index is 0.709. The highest BCUT2D eigenvalue weighted by Gasteiger charge is 2.45. The quantitative estimate of drug-likeness (QED) is 0.0391. The van der Waals surface area contributed by atoms with Crippen molar-refractivity contribution in [2.45, 2.75) is 117 Å². The molecule has 1 unspecified atom stereocenters. The number of imide groups is 2. The highest BCUT2D eigenvalue weighted by Crippen LogP contribution is 2.41. The van der Waals surface area contributed by atoms with Gasteiger partial charge in [-0.15, -0.1) is 0 Å². The molecule has 17 heteroatoms. The Morgan fingerprint density at radius 3 is 2.36 bits per heavy atom. The summed E-state index contributed by atoms with van der Waals surface area (Å²) >= 11 is 0. The SMILES string of the molecule is CCn1nc(C2CC2)cc1Nc1nc(CNCCCOCCCCOCCCCc2cccc3c2C(=O)N(C2CCC(=O)NC2=O)C3=O)nc2[nH]c3cc(-c4c(C)noc4C)c(C)cc3c12. The first-order valence-electron chi connectivity index (χ1n) is 23.4. The van der Waals surface area contributed by atoms with Gasteiger partial charge in [0, 0.05) is 67.8 Å². The minimum Gasteiger partial charge on any atom is -0.381 e. The average Bonchev–Trinajstić information content (AvgIpc) is 3.76. The van der Waals surface area contributed by atoms with Crippen LogP contribution in [0.25, 0.3) is 33.1 Å². The molecular formula is C49H58N10O7. The number of fused-ring (bicyclic) bond motifs is 4. The molecule has 6 heterocycles. The van der Waals surface area contributed by atoms with Crippen LogP contribution in [-0.2, 0) is 38.6 Å². The van der Waals surface area contributed by atoms with Crippen LogP contribution in [0.5, 0.6) is 0 Å². The van der Waals surface area contributed by atoms with E-state index in [0.717, 1.165) is 123 Å². The number of amides is 4. The standard InChI is InChI=1S/C49H58N10O7/c1-5-58-40(26-36(56-58)31-15-16-31)54-46-44-35-24-28(2)34(42-29(3)57-66-30(42)4)25-37(35)51-45(44)52-39(53-46)27-50-19-11-23-65-22-9-8-21-64-20-7-6-12-32-13-10-14-33-43(32)49(63)59(48(33)62)38-17-18-41(60)55-47(38)61/h10,13-14,24-26,31,38,50H,5-9,11-12,15-23,27H2,1-4H3,(H,55,60,61)(H2,51,52,53,54). The fourth-order valence-corrected chi connectivity index (χ4v) is 9.21. The summed E-state index contributed by atoms with van der Waals surface area (Å²) in [6, 6.07) is 10.8. The van der Waals surface area contributed by atoms with Crippen molar-refractivity contribution in [3.05, 3.63) is 81.6 Å². The maximum atomic E-state index is 13.3. The molecule has 66 heavy (non-hydrogen) atoms. The number of aromatic nitrogens is 6. The van der Waals surface area contributed by atoms with Crippen LogP contribution in [0.2, 0.25) is 0 Å². The number of piperidine rings is 1. The van der Waals surface area contributed by atoms with Crippen molar-refractivity contribution in [3.63, 3.8) is 0 Å². The van der Waals surface area contributed by atoms with Crippen molar-refractivity contribution in [2.75, 3.05) is 38.3 Å².